The van der Waals surface area contributed by atoms with Crippen LogP contribution in [0.5, 0.6) is 11.5 Å². The maximum atomic E-state index is 12.9. The second kappa shape index (κ2) is 11.8. The summed E-state index contributed by atoms with van der Waals surface area (Å²) < 4.78 is 11.3. The summed E-state index contributed by atoms with van der Waals surface area (Å²) in [5.74, 6) is 0.889. The summed E-state index contributed by atoms with van der Waals surface area (Å²) in [4.78, 5) is 31.3. The van der Waals surface area contributed by atoms with E-state index in [1.165, 1.54) is 0 Å². The summed E-state index contributed by atoms with van der Waals surface area (Å²) >= 11 is 0. The number of amides is 2. The topological polar surface area (TPSA) is 80.8 Å². The van der Waals surface area contributed by atoms with E-state index in [4.69, 9.17) is 9.47 Å². The average Bonchev–Trinajstić information content (AvgIpc) is 2.92. The fraction of sp³-hybridized carbons (Fsp3) is 0.250. The Balaban J connectivity index is 1.30. The molecule has 2 heterocycles. The summed E-state index contributed by atoms with van der Waals surface area (Å²) in [7, 11) is 1.58. The second-order valence-corrected chi connectivity index (χ2v) is 8.35. The first kappa shape index (κ1) is 24.0. The number of likely N-dealkylation sites (tertiary alicyclic amines) is 1. The van der Waals surface area contributed by atoms with Crippen molar-refractivity contribution in [2.45, 2.75) is 19.4 Å². The van der Waals surface area contributed by atoms with Gasteiger partial charge in [0.05, 0.1) is 7.11 Å². The van der Waals surface area contributed by atoms with Gasteiger partial charge in [-0.15, -0.1) is 0 Å². The molecular weight excluding hydrogens is 442 g/mol. The SMILES string of the molecule is COc1ccc(NC(=O)C2CCN(C(=O)/C=C/c3ccccc3)CC2)cc1OCc1cccnc1. The number of aromatic nitrogens is 1. The van der Waals surface area contributed by atoms with Gasteiger partial charge in [0.25, 0.3) is 0 Å². The number of piperidine rings is 1. The maximum absolute atomic E-state index is 12.9. The Morgan fingerprint density at radius 3 is 2.57 bits per heavy atom. The van der Waals surface area contributed by atoms with Gasteiger partial charge < -0.3 is 19.7 Å². The van der Waals surface area contributed by atoms with Crippen LogP contribution in [0, 0.1) is 5.92 Å². The van der Waals surface area contributed by atoms with Crippen LogP contribution in [-0.4, -0.2) is 41.9 Å². The molecule has 0 bridgehead atoms. The van der Waals surface area contributed by atoms with Gasteiger partial charge >= 0.3 is 0 Å². The average molecular weight is 472 g/mol. The summed E-state index contributed by atoms with van der Waals surface area (Å²) in [6.07, 6.45) is 8.11. The Labute approximate surface area is 205 Å². The van der Waals surface area contributed by atoms with E-state index in [9.17, 15) is 9.59 Å². The third-order valence-electron chi connectivity index (χ3n) is 5.94. The molecule has 7 heteroatoms. The molecule has 0 saturated carbocycles. The van der Waals surface area contributed by atoms with E-state index < -0.39 is 0 Å². The molecule has 7 nitrogen and oxygen atoms in total. The molecule has 2 amide bonds. The Morgan fingerprint density at radius 2 is 1.86 bits per heavy atom. The molecule has 1 aliphatic rings. The smallest absolute Gasteiger partial charge is 0.246 e. The van der Waals surface area contributed by atoms with E-state index in [0.717, 1.165) is 11.1 Å². The predicted molar refractivity (Wildman–Crippen MR) is 135 cm³/mol. The highest BCUT2D eigenvalue weighted by atomic mass is 16.5. The second-order valence-electron chi connectivity index (χ2n) is 8.35. The molecule has 3 aromatic rings. The van der Waals surface area contributed by atoms with Crippen molar-refractivity contribution in [2.75, 3.05) is 25.5 Å². The zero-order chi connectivity index (χ0) is 24.5. The fourth-order valence-electron chi connectivity index (χ4n) is 3.96. The van der Waals surface area contributed by atoms with Crippen molar-refractivity contribution in [3.8, 4) is 11.5 Å². The number of nitrogens with zero attached hydrogens (tertiary/aromatic N) is 2. The number of pyridine rings is 1. The quantitative estimate of drug-likeness (QED) is 0.487. The van der Waals surface area contributed by atoms with Gasteiger partial charge in [-0.25, -0.2) is 0 Å². The number of carbonyl (C=O) groups excluding carboxylic acids is 2. The van der Waals surface area contributed by atoms with Crippen LogP contribution in [0.25, 0.3) is 6.08 Å². The van der Waals surface area contributed by atoms with E-state index in [1.54, 1.807) is 48.7 Å². The highest BCUT2D eigenvalue weighted by molar-refractivity contribution is 5.94. The van der Waals surface area contributed by atoms with Crippen LogP contribution in [0.15, 0.2) is 79.1 Å². The first-order valence-corrected chi connectivity index (χ1v) is 11.6. The number of hydrogen-bond acceptors (Lipinski definition) is 5. The number of rotatable bonds is 8. The Bertz CT molecular complexity index is 1160. The molecular formula is C28H29N3O4. The molecule has 1 aromatic heterocycles. The van der Waals surface area contributed by atoms with Crippen molar-refractivity contribution < 1.29 is 19.1 Å². The lowest BCUT2D eigenvalue weighted by atomic mass is 9.95. The first-order chi connectivity index (χ1) is 17.1. The van der Waals surface area contributed by atoms with Gasteiger partial charge in [-0.1, -0.05) is 36.4 Å². The van der Waals surface area contributed by atoms with Crippen molar-refractivity contribution in [2.24, 2.45) is 5.92 Å². The lowest BCUT2D eigenvalue weighted by Crippen LogP contribution is -2.40. The molecule has 0 radical (unpaired) electrons. The summed E-state index contributed by atoms with van der Waals surface area (Å²) in [5, 5.41) is 2.99. The van der Waals surface area contributed by atoms with Gasteiger partial charge in [0.1, 0.15) is 6.61 Å². The third-order valence-corrected chi connectivity index (χ3v) is 5.94. The molecule has 0 unspecified atom stereocenters. The molecule has 0 atom stereocenters. The number of anilines is 1. The molecule has 1 N–H and O–H groups in total. The van der Waals surface area contributed by atoms with Crippen LogP contribution in [0.4, 0.5) is 5.69 Å². The van der Waals surface area contributed by atoms with E-state index in [-0.39, 0.29) is 17.7 Å². The van der Waals surface area contributed by atoms with Gasteiger partial charge in [-0.3, -0.25) is 14.6 Å². The number of nitrogens with one attached hydrogen (secondary N) is 1. The zero-order valence-corrected chi connectivity index (χ0v) is 19.7. The van der Waals surface area contributed by atoms with Crippen molar-refractivity contribution in [1.29, 1.82) is 0 Å². The molecule has 1 saturated heterocycles. The first-order valence-electron chi connectivity index (χ1n) is 11.6. The van der Waals surface area contributed by atoms with Crippen LogP contribution < -0.4 is 14.8 Å². The minimum atomic E-state index is -0.154. The lowest BCUT2D eigenvalue weighted by Gasteiger charge is -2.30. The van der Waals surface area contributed by atoms with E-state index in [0.29, 0.717) is 49.7 Å². The molecule has 4 rings (SSSR count). The zero-order valence-electron chi connectivity index (χ0n) is 19.7. The number of carbonyl (C=O) groups is 2. The van der Waals surface area contributed by atoms with E-state index in [1.807, 2.05) is 48.5 Å². The molecule has 2 aromatic carbocycles. The largest absolute Gasteiger partial charge is 0.493 e. The van der Waals surface area contributed by atoms with E-state index >= 15 is 0 Å². The van der Waals surface area contributed by atoms with E-state index in [2.05, 4.69) is 10.3 Å². The summed E-state index contributed by atoms with van der Waals surface area (Å²) in [6, 6.07) is 18.8. The van der Waals surface area contributed by atoms with Crippen molar-refractivity contribution in [1.82, 2.24) is 9.88 Å². The van der Waals surface area contributed by atoms with Gasteiger partial charge in [0.15, 0.2) is 11.5 Å². The number of methoxy groups -OCH3 is 1. The number of hydrogen-bond donors (Lipinski definition) is 1. The minimum Gasteiger partial charge on any atom is -0.493 e. The molecule has 0 spiro atoms. The molecule has 1 fully saturated rings. The van der Waals surface area contributed by atoms with Crippen LogP contribution in [0.2, 0.25) is 0 Å². The normalized spacial score (nSPS) is 14.0. The Hall–Kier alpha value is -4.13. The number of benzene rings is 2. The Kier molecular flexibility index (Phi) is 8.12. The van der Waals surface area contributed by atoms with Crippen LogP contribution >= 0.6 is 0 Å². The van der Waals surface area contributed by atoms with Gasteiger partial charge in [-0.05, 0) is 42.7 Å². The minimum absolute atomic E-state index is 0.0294. The van der Waals surface area contributed by atoms with Gasteiger partial charge in [-0.2, -0.15) is 0 Å². The van der Waals surface area contributed by atoms with Crippen molar-refractivity contribution >= 4 is 23.6 Å². The van der Waals surface area contributed by atoms with Crippen molar-refractivity contribution in [3.05, 3.63) is 90.3 Å². The molecule has 180 valence electrons. The highest BCUT2D eigenvalue weighted by Crippen LogP contribution is 2.31. The monoisotopic (exact) mass is 471 g/mol. The van der Waals surface area contributed by atoms with Gasteiger partial charge in [0.2, 0.25) is 11.8 Å². The summed E-state index contributed by atoms with van der Waals surface area (Å²) in [5.41, 5.74) is 2.56. The van der Waals surface area contributed by atoms with Crippen LogP contribution in [-0.2, 0) is 16.2 Å². The highest BCUT2D eigenvalue weighted by Gasteiger charge is 2.26. The third kappa shape index (κ3) is 6.69. The Morgan fingerprint density at radius 1 is 1.06 bits per heavy atom. The molecule has 1 aliphatic heterocycles. The summed E-state index contributed by atoms with van der Waals surface area (Å²) in [6.45, 7) is 1.45. The van der Waals surface area contributed by atoms with Gasteiger partial charge in [0, 0.05) is 54.8 Å². The van der Waals surface area contributed by atoms with Crippen LogP contribution in [0.3, 0.4) is 0 Å². The van der Waals surface area contributed by atoms with Crippen molar-refractivity contribution in [3.63, 3.8) is 0 Å². The number of ether oxygens (including phenoxy) is 2. The fourth-order valence-corrected chi connectivity index (χ4v) is 3.96. The lowest BCUT2D eigenvalue weighted by molar-refractivity contribution is -0.130. The predicted octanol–water partition coefficient (Wildman–Crippen LogP) is 4.56. The molecule has 0 aliphatic carbocycles. The molecule has 35 heavy (non-hydrogen) atoms. The standard InChI is InChI=1S/C28H29N3O4/c1-34-25-11-10-24(18-26(25)35-20-22-8-5-15-29-19-22)30-28(33)23-13-16-31(17-14-23)27(32)12-9-21-6-3-2-4-7-21/h2-12,15,18-19,23H,13-14,16-17,20H2,1H3,(H,30,33)/b12-9+. The maximum Gasteiger partial charge on any atom is 0.246 e. The van der Waals surface area contributed by atoms with Crippen LogP contribution in [0.1, 0.15) is 24.0 Å².